The van der Waals surface area contributed by atoms with E-state index in [0.29, 0.717) is 18.8 Å². The average molecular weight is 430 g/mol. The highest BCUT2D eigenvalue weighted by molar-refractivity contribution is 8.01. The Labute approximate surface area is 186 Å². The highest BCUT2D eigenvalue weighted by atomic mass is 32.2. The van der Waals surface area contributed by atoms with E-state index in [4.69, 9.17) is 0 Å². The van der Waals surface area contributed by atoms with E-state index < -0.39 is 4.87 Å². The van der Waals surface area contributed by atoms with Gasteiger partial charge in [0.1, 0.15) is 0 Å². The first-order valence-corrected chi connectivity index (χ1v) is 11.3. The lowest BCUT2D eigenvalue weighted by atomic mass is 10.1. The Balaban J connectivity index is 1.51. The second-order valence-corrected chi connectivity index (χ2v) is 9.13. The number of carbonyl (C=O) groups is 2. The molecule has 2 heterocycles. The zero-order chi connectivity index (χ0) is 21.4. The first-order chi connectivity index (χ1) is 15.1. The molecular formula is C25H23N3O2S. The molecule has 1 atom stereocenters. The summed E-state index contributed by atoms with van der Waals surface area (Å²) in [5, 5.41) is 2.99. The molecular weight excluding hydrogens is 406 g/mol. The number of urea groups is 1. The predicted octanol–water partition coefficient (Wildman–Crippen LogP) is 4.98. The monoisotopic (exact) mass is 429 g/mol. The van der Waals surface area contributed by atoms with E-state index >= 15 is 0 Å². The van der Waals surface area contributed by atoms with Crippen molar-refractivity contribution in [2.75, 3.05) is 22.5 Å². The summed E-state index contributed by atoms with van der Waals surface area (Å²) >= 11 is 1.54. The molecule has 0 saturated carbocycles. The zero-order valence-corrected chi connectivity index (χ0v) is 18.1. The van der Waals surface area contributed by atoms with Gasteiger partial charge < -0.3 is 10.2 Å². The predicted molar refractivity (Wildman–Crippen MR) is 125 cm³/mol. The highest BCUT2D eigenvalue weighted by Crippen LogP contribution is 2.54. The largest absolute Gasteiger partial charge is 0.323 e. The third-order valence-electron chi connectivity index (χ3n) is 5.80. The van der Waals surface area contributed by atoms with Crippen LogP contribution < -0.4 is 10.2 Å². The molecule has 31 heavy (non-hydrogen) atoms. The van der Waals surface area contributed by atoms with Crippen LogP contribution in [-0.4, -0.2) is 29.1 Å². The molecule has 0 bridgehead atoms. The number of para-hydroxylation sites is 1. The minimum Gasteiger partial charge on any atom is -0.308 e. The Morgan fingerprint density at radius 1 is 1.03 bits per heavy atom. The van der Waals surface area contributed by atoms with Gasteiger partial charge in [-0.15, -0.1) is 11.8 Å². The normalized spacial score (nSPS) is 19.7. The molecule has 1 N–H and O–H groups in total. The number of hydrogen-bond donors (Lipinski definition) is 1. The maximum atomic E-state index is 13.9. The molecule has 6 heteroatoms. The molecule has 3 amide bonds. The minimum absolute atomic E-state index is 0.0561. The van der Waals surface area contributed by atoms with E-state index in [0.717, 1.165) is 28.1 Å². The molecule has 5 rings (SSSR count). The van der Waals surface area contributed by atoms with Crippen LogP contribution in [-0.2, 0) is 16.2 Å². The maximum Gasteiger partial charge on any atom is 0.323 e. The van der Waals surface area contributed by atoms with Gasteiger partial charge in [0.15, 0.2) is 4.87 Å². The first-order valence-electron chi connectivity index (χ1n) is 10.3. The minimum atomic E-state index is -1.03. The fraction of sp³-hybridized carbons (Fsp3) is 0.200. The van der Waals surface area contributed by atoms with E-state index in [1.54, 1.807) is 16.7 Å². The van der Waals surface area contributed by atoms with Crippen molar-refractivity contribution in [1.29, 1.82) is 0 Å². The number of fused-ring (bicyclic) bond motifs is 2. The molecule has 1 fully saturated rings. The van der Waals surface area contributed by atoms with Crippen molar-refractivity contribution >= 4 is 35.1 Å². The quantitative estimate of drug-likeness (QED) is 0.639. The van der Waals surface area contributed by atoms with Crippen LogP contribution in [0.1, 0.15) is 16.7 Å². The summed E-state index contributed by atoms with van der Waals surface area (Å²) in [6, 6.07) is 25.2. The number of carbonyl (C=O) groups excluding carboxylic acids is 2. The number of benzene rings is 3. The van der Waals surface area contributed by atoms with E-state index in [-0.39, 0.29) is 11.9 Å². The summed E-state index contributed by atoms with van der Waals surface area (Å²) in [6.07, 6.45) is 0. The summed E-state index contributed by atoms with van der Waals surface area (Å²) < 4.78 is 0. The number of thioether (sulfide) groups is 1. The third-order valence-corrected chi connectivity index (χ3v) is 7.22. The number of nitrogens with zero attached hydrogens (tertiary/aromatic N) is 2. The molecule has 3 aromatic rings. The fourth-order valence-electron chi connectivity index (χ4n) is 4.40. The van der Waals surface area contributed by atoms with Crippen molar-refractivity contribution in [2.45, 2.75) is 18.3 Å². The Morgan fingerprint density at radius 2 is 1.81 bits per heavy atom. The molecule has 1 unspecified atom stereocenters. The van der Waals surface area contributed by atoms with E-state index in [1.165, 1.54) is 0 Å². The zero-order valence-electron chi connectivity index (χ0n) is 17.2. The standard InChI is InChI=1S/C25H23N3O2S/c1-18-8-7-11-20(16-18)26-24(30)28-14-15-31-25(28)21-12-5-6-13-22(21)27(23(25)29)17-19-9-3-2-4-10-19/h2-13,16H,14-15,17H2,1H3,(H,26,30). The van der Waals surface area contributed by atoms with Crippen molar-refractivity contribution < 1.29 is 9.59 Å². The van der Waals surface area contributed by atoms with Crippen molar-refractivity contribution in [3.8, 4) is 0 Å². The lowest BCUT2D eigenvalue weighted by molar-refractivity contribution is -0.123. The Bertz CT molecular complexity index is 1150. The van der Waals surface area contributed by atoms with E-state index in [2.05, 4.69) is 5.32 Å². The lowest BCUT2D eigenvalue weighted by Crippen LogP contribution is -2.51. The van der Waals surface area contributed by atoms with Crippen LogP contribution >= 0.6 is 11.8 Å². The molecule has 156 valence electrons. The summed E-state index contributed by atoms with van der Waals surface area (Å²) in [5.74, 6) is 0.653. The summed E-state index contributed by atoms with van der Waals surface area (Å²) in [6.45, 7) is 2.98. The molecule has 2 aliphatic heterocycles. The first kappa shape index (κ1) is 19.7. The number of hydrogen-bond acceptors (Lipinski definition) is 3. The van der Waals surface area contributed by atoms with Gasteiger partial charge >= 0.3 is 6.03 Å². The van der Waals surface area contributed by atoms with Crippen LogP contribution in [0.15, 0.2) is 78.9 Å². The van der Waals surface area contributed by atoms with Crippen LogP contribution in [0.5, 0.6) is 0 Å². The van der Waals surface area contributed by atoms with Crippen LogP contribution in [0.2, 0.25) is 0 Å². The van der Waals surface area contributed by atoms with Crippen LogP contribution in [0.25, 0.3) is 0 Å². The average Bonchev–Trinajstić information content (AvgIpc) is 3.32. The fourth-order valence-corrected chi connectivity index (χ4v) is 5.87. The molecule has 0 radical (unpaired) electrons. The van der Waals surface area contributed by atoms with E-state index in [9.17, 15) is 9.59 Å². The maximum absolute atomic E-state index is 13.9. The molecule has 0 aromatic heterocycles. The van der Waals surface area contributed by atoms with Gasteiger partial charge in [-0.1, -0.05) is 60.7 Å². The van der Waals surface area contributed by atoms with Gasteiger partial charge in [-0.05, 0) is 36.2 Å². The second-order valence-electron chi connectivity index (χ2n) is 7.84. The SMILES string of the molecule is Cc1cccc(NC(=O)N2CCSC23C(=O)N(Cc2ccccc2)c2ccccc23)c1. The van der Waals surface area contributed by atoms with Gasteiger partial charge in [0.25, 0.3) is 5.91 Å². The van der Waals surface area contributed by atoms with Gasteiger partial charge in [-0.2, -0.15) is 0 Å². The summed E-state index contributed by atoms with van der Waals surface area (Å²) in [7, 11) is 0. The molecule has 3 aromatic carbocycles. The number of nitrogens with one attached hydrogen (secondary N) is 1. The van der Waals surface area contributed by atoms with Crippen molar-refractivity contribution in [3.05, 3.63) is 95.6 Å². The third kappa shape index (κ3) is 3.27. The molecule has 1 spiro atoms. The number of rotatable bonds is 3. The molecule has 1 saturated heterocycles. The summed E-state index contributed by atoms with van der Waals surface area (Å²) in [5.41, 5.74) is 4.62. The lowest BCUT2D eigenvalue weighted by Gasteiger charge is -2.33. The number of anilines is 2. The van der Waals surface area contributed by atoms with Crippen molar-refractivity contribution in [3.63, 3.8) is 0 Å². The Hall–Kier alpha value is -3.25. The van der Waals surface area contributed by atoms with E-state index in [1.807, 2.05) is 90.7 Å². The topological polar surface area (TPSA) is 52.7 Å². The van der Waals surface area contributed by atoms with Crippen LogP contribution in [0, 0.1) is 6.92 Å². The van der Waals surface area contributed by atoms with Crippen LogP contribution in [0.3, 0.4) is 0 Å². The molecule has 0 aliphatic carbocycles. The Kier molecular flexibility index (Phi) is 4.94. The molecule has 2 aliphatic rings. The van der Waals surface area contributed by atoms with Crippen molar-refractivity contribution in [2.24, 2.45) is 0 Å². The second kappa shape index (κ2) is 7.78. The van der Waals surface area contributed by atoms with Gasteiger partial charge in [-0.25, -0.2) is 4.79 Å². The number of aryl methyl sites for hydroxylation is 1. The van der Waals surface area contributed by atoms with Gasteiger partial charge in [0, 0.05) is 23.5 Å². The molecule has 5 nitrogen and oxygen atoms in total. The highest BCUT2D eigenvalue weighted by Gasteiger charge is 2.59. The number of amides is 3. The van der Waals surface area contributed by atoms with Gasteiger partial charge in [0.2, 0.25) is 0 Å². The summed E-state index contributed by atoms with van der Waals surface area (Å²) in [4.78, 5) is 29.7. The van der Waals surface area contributed by atoms with Crippen LogP contribution in [0.4, 0.5) is 16.2 Å². The van der Waals surface area contributed by atoms with Gasteiger partial charge in [-0.3, -0.25) is 9.69 Å². The van der Waals surface area contributed by atoms with Crippen molar-refractivity contribution in [1.82, 2.24) is 4.90 Å². The Morgan fingerprint density at radius 3 is 2.61 bits per heavy atom. The van der Waals surface area contributed by atoms with Gasteiger partial charge in [0.05, 0.1) is 12.2 Å². The smallest absolute Gasteiger partial charge is 0.308 e.